The van der Waals surface area contributed by atoms with Crippen molar-refractivity contribution < 1.29 is 14.5 Å². The Bertz CT molecular complexity index is 1270. The SMILES string of the molecule is CC[C@@H](Nc1nc2nonc2nc1Nc1cccc(C(=O)N(C)C)c1O)c1ccc(C)s1. The molecule has 0 aliphatic heterocycles. The predicted octanol–water partition coefficient (Wildman–Crippen LogP) is 4.10. The molecule has 0 spiro atoms. The van der Waals surface area contributed by atoms with E-state index in [4.69, 9.17) is 4.63 Å². The summed E-state index contributed by atoms with van der Waals surface area (Å²) in [5.74, 6) is 0.253. The number of amides is 1. The van der Waals surface area contributed by atoms with Crippen LogP contribution in [-0.2, 0) is 0 Å². The molecule has 0 saturated carbocycles. The number of para-hydroxylation sites is 1. The number of nitrogens with zero attached hydrogens (tertiary/aromatic N) is 5. The maximum atomic E-state index is 12.4. The van der Waals surface area contributed by atoms with E-state index in [0.29, 0.717) is 17.3 Å². The van der Waals surface area contributed by atoms with Crippen LogP contribution in [0.4, 0.5) is 17.3 Å². The highest BCUT2D eigenvalue weighted by Gasteiger charge is 2.21. The maximum absolute atomic E-state index is 12.4. The van der Waals surface area contributed by atoms with E-state index in [9.17, 15) is 9.90 Å². The van der Waals surface area contributed by atoms with Crippen molar-refractivity contribution >= 4 is 45.9 Å². The topological polar surface area (TPSA) is 129 Å². The maximum Gasteiger partial charge on any atom is 0.257 e. The largest absolute Gasteiger partial charge is 0.505 e. The Hall–Kier alpha value is -3.73. The highest BCUT2D eigenvalue weighted by atomic mass is 32.1. The van der Waals surface area contributed by atoms with Gasteiger partial charge in [-0.05, 0) is 47.9 Å². The molecule has 4 aromatic rings. The summed E-state index contributed by atoms with van der Waals surface area (Å²) < 4.78 is 4.77. The molecule has 0 bridgehead atoms. The van der Waals surface area contributed by atoms with Gasteiger partial charge in [-0.25, -0.2) is 14.6 Å². The molecule has 1 atom stereocenters. The van der Waals surface area contributed by atoms with E-state index >= 15 is 0 Å². The van der Waals surface area contributed by atoms with Crippen molar-refractivity contribution in [1.29, 1.82) is 0 Å². The van der Waals surface area contributed by atoms with Crippen LogP contribution in [0.25, 0.3) is 11.3 Å². The Morgan fingerprint density at radius 3 is 2.50 bits per heavy atom. The van der Waals surface area contributed by atoms with Gasteiger partial charge >= 0.3 is 0 Å². The third kappa shape index (κ3) is 4.19. The number of benzene rings is 1. The molecule has 32 heavy (non-hydrogen) atoms. The monoisotopic (exact) mass is 453 g/mol. The number of carbonyl (C=O) groups excluding carboxylic acids is 1. The quantitative estimate of drug-likeness (QED) is 0.354. The molecule has 0 saturated heterocycles. The minimum Gasteiger partial charge on any atom is -0.505 e. The van der Waals surface area contributed by atoms with E-state index in [-0.39, 0.29) is 34.6 Å². The van der Waals surface area contributed by atoms with Crippen molar-refractivity contribution in [3.63, 3.8) is 0 Å². The summed E-state index contributed by atoms with van der Waals surface area (Å²) in [6.07, 6.45) is 0.814. The third-order valence-corrected chi connectivity index (χ3v) is 5.98. The minimum absolute atomic E-state index is 0.00360. The lowest BCUT2D eigenvalue weighted by Gasteiger charge is -2.19. The second kappa shape index (κ2) is 8.79. The lowest BCUT2D eigenvalue weighted by Crippen LogP contribution is -2.21. The first-order valence-electron chi connectivity index (χ1n) is 10.0. The molecule has 1 aromatic carbocycles. The molecule has 11 heteroatoms. The molecule has 3 aromatic heterocycles. The van der Waals surface area contributed by atoms with E-state index < -0.39 is 0 Å². The zero-order chi connectivity index (χ0) is 22.8. The summed E-state index contributed by atoms with van der Waals surface area (Å²) in [6.45, 7) is 4.14. The van der Waals surface area contributed by atoms with Gasteiger partial charge in [-0.2, -0.15) is 0 Å². The molecule has 3 N–H and O–H groups in total. The van der Waals surface area contributed by atoms with E-state index in [1.807, 2.05) is 0 Å². The molecule has 0 aliphatic carbocycles. The smallest absolute Gasteiger partial charge is 0.257 e. The molecule has 0 aliphatic rings. The summed E-state index contributed by atoms with van der Waals surface area (Å²) in [5, 5.41) is 24.8. The van der Waals surface area contributed by atoms with E-state index in [0.717, 1.165) is 11.3 Å². The van der Waals surface area contributed by atoms with Crippen LogP contribution < -0.4 is 10.6 Å². The zero-order valence-corrected chi connectivity index (χ0v) is 18.9. The molecule has 166 valence electrons. The van der Waals surface area contributed by atoms with Gasteiger partial charge in [0.1, 0.15) is 0 Å². The number of fused-ring (bicyclic) bond motifs is 1. The fourth-order valence-electron chi connectivity index (χ4n) is 3.19. The average molecular weight is 454 g/mol. The average Bonchev–Trinajstić information content (AvgIpc) is 3.41. The first-order chi connectivity index (χ1) is 15.4. The Labute approximate surface area is 188 Å². The fraction of sp³-hybridized carbons (Fsp3) is 0.286. The van der Waals surface area contributed by atoms with Crippen molar-refractivity contribution in [2.75, 3.05) is 24.7 Å². The normalized spacial score (nSPS) is 12.0. The number of aryl methyl sites for hydroxylation is 1. The first kappa shape index (κ1) is 21.5. The molecule has 0 unspecified atom stereocenters. The van der Waals surface area contributed by atoms with Crippen LogP contribution in [0.5, 0.6) is 5.75 Å². The summed E-state index contributed by atoms with van der Waals surface area (Å²) in [7, 11) is 3.25. The number of phenols is 1. The van der Waals surface area contributed by atoms with Crippen molar-refractivity contribution in [3.05, 3.63) is 45.6 Å². The number of anilines is 3. The van der Waals surface area contributed by atoms with Gasteiger partial charge in [0.25, 0.3) is 5.91 Å². The van der Waals surface area contributed by atoms with Crippen molar-refractivity contribution in [2.24, 2.45) is 0 Å². The van der Waals surface area contributed by atoms with Crippen molar-refractivity contribution in [3.8, 4) is 5.75 Å². The van der Waals surface area contributed by atoms with Gasteiger partial charge in [0.05, 0.1) is 17.3 Å². The second-order valence-corrected chi connectivity index (χ2v) is 8.73. The number of carbonyl (C=O) groups is 1. The molecule has 3 heterocycles. The van der Waals surface area contributed by atoms with Crippen molar-refractivity contribution in [2.45, 2.75) is 26.3 Å². The summed E-state index contributed by atoms with van der Waals surface area (Å²) in [6, 6.07) is 9.05. The summed E-state index contributed by atoms with van der Waals surface area (Å²) in [5.41, 5.74) is 0.965. The lowest BCUT2D eigenvalue weighted by molar-refractivity contribution is 0.0824. The number of rotatable bonds is 7. The van der Waals surface area contributed by atoms with Gasteiger partial charge in [0.15, 0.2) is 17.4 Å². The Kier molecular flexibility index (Phi) is 5.91. The number of hydrogen-bond donors (Lipinski definition) is 3. The van der Waals surface area contributed by atoms with Gasteiger partial charge in [0.2, 0.25) is 11.3 Å². The standard InChI is InChI=1S/C21H23N7O3S/c1-5-13(15-10-9-11(2)32-15)22-17-18(25-20-19(24-17)26-31-27-20)23-14-8-6-7-12(16(14)29)21(30)28(3)4/h6-10,13,29H,5H2,1-4H3,(H,22,24,26)(H,23,25,27)/t13-/m1/s1. The van der Waals surface area contributed by atoms with Gasteiger partial charge in [-0.3, -0.25) is 4.79 Å². The number of phenolic OH excluding ortho intramolecular Hbond substituents is 1. The van der Waals surface area contributed by atoms with Crippen molar-refractivity contribution in [1.82, 2.24) is 25.2 Å². The van der Waals surface area contributed by atoms with Crippen LogP contribution in [0.3, 0.4) is 0 Å². The molecule has 4 rings (SSSR count). The minimum atomic E-state index is -0.314. The van der Waals surface area contributed by atoms with Gasteiger partial charge in [0, 0.05) is 23.8 Å². The van der Waals surface area contributed by atoms with Gasteiger partial charge in [-0.15, -0.1) is 11.3 Å². The molecular formula is C21H23N7O3S. The molecule has 10 nitrogen and oxygen atoms in total. The second-order valence-electron chi connectivity index (χ2n) is 7.41. The molecule has 1 amide bonds. The fourth-order valence-corrected chi connectivity index (χ4v) is 4.20. The van der Waals surface area contributed by atoms with Crippen LogP contribution in [0, 0.1) is 6.92 Å². The number of nitrogens with one attached hydrogen (secondary N) is 2. The van der Waals surface area contributed by atoms with Gasteiger partial charge < -0.3 is 20.6 Å². The third-order valence-electron chi connectivity index (χ3n) is 4.86. The Balaban J connectivity index is 1.73. The molecule has 0 radical (unpaired) electrons. The van der Waals surface area contributed by atoms with Crippen LogP contribution in [0.15, 0.2) is 35.0 Å². The van der Waals surface area contributed by atoms with Crippen LogP contribution in [0.2, 0.25) is 0 Å². The van der Waals surface area contributed by atoms with Crippen LogP contribution in [-0.4, -0.2) is 50.3 Å². The van der Waals surface area contributed by atoms with Crippen LogP contribution in [0.1, 0.15) is 39.5 Å². The number of aromatic nitrogens is 4. The molecular weight excluding hydrogens is 430 g/mol. The Morgan fingerprint density at radius 1 is 1.16 bits per heavy atom. The highest BCUT2D eigenvalue weighted by molar-refractivity contribution is 7.12. The first-order valence-corrected chi connectivity index (χ1v) is 10.8. The lowest BCUT2D eigenvalue weighted by atomic mass is 10.1. The van der Waals surface area contributed by atoms with E-state index in [1.165, 1.54) is 9.78 Å². The van der Waals surface area contributed by atoms with Gasteiger partial charge in [-0.1, -0.05) is 13.0 Å². The zero-order valence-electron chi connectivity index (χ0n) is 18.1. The number of hydrogen-bond acceptors (Lipinski definition) is 10. The summed E-state index contributed by atoms with van der Waals surface area (Å²) in [4.78, 5) is 25.1. The summed E-state index contributed by atoms with van der Waals surface area (Å²) >= 11 is 1.71. The highest BCUT2D eigenvalue weighted by Crippen LogP contribution is 2.35. The van der Waals surface area contributed by atoms with E-state index in [1.54, 1.807) is 43.6 Å². The molecule has 0 fully saturated rings. The predicted molar refractivity (Wildman–Crippen MR) is 123 cm³/mol. The van der Waals surface area contributed by atoms with Crippen LogP contribution >= 0.6 is 11.3 Å². The van der Waals surface area contributed by atoms with E-state index in [2.05, 4.69) is 56.9 Å². The Morgan fingerprint density at radius 2 is 1.88 bits per heavy atom. The number of thiophene rings is 1. The number of aromatic hydroxyl groups is 1.